The number of unbranched alkanes of at least 4 members (excludes halogenated alkanes) is 1. The van der Waals surface area contributed by atoms with Crippen LogP contribution >= 0.6 is 0 Å². The van der Waals surface area contributed by atoms with Gasteiger partial charge < -0.3 is 21.1 Å². The monoisotopic (exact) mass is 346 g/mol. The van der Waals surface area contributed by atoms with E-state index < -0.39 is 17.9 Å². The molecule has 25 heavy (non-hydrogen) atoms. The van der Waals surface area contributed by atoms with Gasteiger partial charge in [-0.05, 0) is 43.5 Å². The van der Waals surface area contributed by atoms with Crippen molar-refractivity contribution in [3.63, 3.8) is 0 Å². The lowest BCUT2D eigenvalue weighted by Gasteiger charge is -2.19. The van der Waals surface area contributed by atoms with E-state index >= 15 is 0 Å². The highest BCUT2D eigenvalue weighted by Gasteiger charge is 2.19. The topological polar surface area (TPSA) is 137 Å². The Bertz CT molecular complexity index is 652. The summed E-state index contributed by atoms with van der Waals surface area (Å²) in [7, 11) is 1.40. The molecule has 1 aromatic carbocycles. The largest absolute Gasteiger partial charge is 0.480 e. The molecule has 1 aromatic rings. The summed E-state index contributed by atoms with van der Waals surface area (Å²) in [6.07, 6.45) is 1.68. The molecule has 8 heteroatoms. The normalized spacial score (nSPS) is 11.2. The fraction of sp³-hybridized carbons (Fsp3) is 0.412. The summed E-state index contributed by atoms with van der Waals surface area (Å²) in [5.41, 5.74) is 6.72. The number of benzene rings is 1. The van der Waals surface area contributed by atoms with Gasteiger partial charge in [-0.2, -0.15) is 5.26 Å². The predicted octanol–water partition coefficient (Wildman–Crippen LogP) is 0.329. The smallest absolute Gasteiger partial charge is 0.323 e. The van der Waals surface area contributed by atoms with E-state index in [1.54, 1.807) is 24.3 Å². The van der Waals surface area contributed by atoms with Crippen molar-refractivity contribution < 1.29 is 19.5 Å². The fourth-order valence-corrected chi connectivity index (χ4v) is 2.18. The number of carboxylic acids is 1. The Hall–Kier alpha value is -2.92. The molecule has 0 spiro atoms. The molecule has 1 rings (SSSR count). The number of nitriles is 1. The first-order valence-electron chi connectivity index (χ1n) is 7.86. The second-order valence-corrected chi connectivity index (χ2v) is 5.64. The minimum Gasteiger partial charge on any atom is -0.480 e. The molecule has 8 nitrogen and oxygen atoms in total. The highest BCUT2D eigenvalue weighted by molar-refractivity contribution is 5.94. The van der Waals surface area contributed by atoms with Crippen LogP contribution in [0.4, 0.5) is 0 Å². The minimum atomic E-state index is -1.09. The number of likely N-dealkylation sites (N-methyl/N-ethyl adjacent to an activating group) is 1. The zero-order valence-electron chi connectivity index (χ0n) is 14.1. The summed E-state index contributed by atoms with van der Waals surface area (Å²) >= 11 is 0. The maximum atomic E-state index is 11.9. The Morgan fingerprint density at radius 1 is 1.28 bits per heavy atom. The first-order chi connectivity index (χ1) is 11.8. The highest BCUT2D eigenvalue weighted by atomic mass is 16.4. The standard InChI is InChI=1S/C17H22N4O4/c1-21(11-15(22)23)17(25)14(19)4-2-3-9-20-16(24)13-7-5-12(10-18)6-8-13/h5-8,14H,2-4,9,11,19H2,1H3,(H,20,24)(H,22,23)/t14-/m0/s1. The molecule has 134 valence electrons. The lowest BCUT2D eigenvalue weighted by Crippen LogP contribution is -2.43. The van der Waals surface area contributed by atoms with Gasteiger partial charge in [0.15, 0.2) is 0 Å². The van der Waals surface area contributed by atoms with Gasteiger partial charge in [0.2, 0.25) is 5.91 Å². The molecular weight excluding hydrogens is 324 g/mol. The molecular formula is C17H22N4O4. The number of hydrogen-bond acceptors (Lipinski definition) is 5. The number of rotatable bonds is 9. The molecule has 0 aliphatic carbocycles. The van der Waals surface area contributed by atoms with Crippen LogP contribution in [-0.2, 0) is 9.59 Å². The van der Waals surface area contributed by atoms with Gasteiger partial charge in [-0.15, -0.1) is 0 Å². The number of nitrogens with zero attached hydrogens (tertiary/aromatic N) is 2. The van der Waals surface area contributed by atoms with Gasteiger partial charge in [0.25, 0.3) is 5.91 Å². The molecule has 2 amide bonds. The lowest BCUT2D eigenvalue weighted by molar-refractivity contribution is -0.144. The number of aliphatic carboxylic acids is 1. The molecule has 0 unspecified atom stereocenters. The first kappa shape index (κ1) is 20.1. The van der Waals surface area contributed by atoms with E-state index in [2.05, 4.69) is 5.32 Å². The van der Waals surface area contributed by atoms with Gasteiger partial charge >= 0.3 is 5.97 Å². The number of nitrogens with one attached hydrogen (secondary N) is 1. The molecule has 0 aliphatic heterocycles. The summed E-state index contributed by atoms with van der Waals surface area (Å²) in [4.78, 5) is 35.4. The summed E-state index contributed by atoms with van der Waals surface area (Å²) in [6.45, 7) is 0.0535. The van der Waals surface area contributed by atoms with Crippen molar-refractivity contribution in [2.75, 3.05) is 20.1 Å². The van der Waals surface area contributed by atoms with E-state index in [-0.39, 0.29) is 12.5 Å². The van der Waals surface area contributed by atoms with E-state index in [9.17, 15) is 14.4 Å². The van der Waals surface area contributed by atoms with Gasteiger partial charge in [0.05, 0.1) is 17.7 Å². The molecule has 0 aromatic heterocycles. The second-order valence-electron chi connectivity index (χ2n) is 5.64. The third kappa shape index (κ3) is 7.01. The van der Waals surface area contributed by atoms with Gasteiger partial charge in [-0.3, -0.25) is 14.4 Å². The van der Waals surface area contributed by atoms with Crippen LogP contribution in [0.2, 0.25) is 0 Å². The average molecular weight is 346 g/mol. The maximum Gasteiger partial charge on any atom is 0.323 e. The molecule has 0 radical (unpaired) electrons. The van der Waals surface area contributed by atoms with Crippen LogP contribution in [0.15, 0.2) is 24.3 Å². The van der Waals surface area contributed by atoms with Crippen LogP contribution in [0.1, 0.15) is 35.2 Å². The molecule has 0 saturated carbocycles. The van der Waals surface area contributed by atoms with Crippen LogP contribution < -0.4 is 11.1 Å². The molecule has 0 saturated heterocycles. The predicted molar refractivity (Wildman–Crippen MR) is 90.6 cm³/mol. The van der Waals surface area contributed by atoms with Crippen LogP contribution in [-0.4, -0.2) is 54.0 Å². The second kappa shape index (κ2) is 10.1. The Balaban J connectivity index is 2.26. The molecule has 0 bridgehead atoms. The van der Waals surface area contributed by atoms with Crippen LogP contribution in [0.3, 0.4) is 0 Å². The number of nitrogens with two attached hydrogens (primary N) is 1. The Labute approximate surface area is 146 Å². The Morgan fingerprint density at radius 3 is 2.48 bits per heavy atom. The molecule has 4 N–H and O–H groups in total. The summed E-state index contributed by atoms with van der Waals surface area (Å²) in [6, 6.07) is 7.55. The van der Waals surface area contributed by atoms with Crippen molar-refractivity contribution in [3.8, 4) is 6.07 Å². The average Bonchev–Trinajstić information content (AvgIpc) is 2.59. The van der Waals surface area contributed by atoms with Gasteiger partial charge in [-0.1, -0.05) is 0 Å². The van der Waals surface area contributed by atoms with E-state index in [1.165, 1.54) is 7.05 Å². The number of carboxylic acid groups (broad SMARTS) is 1. The fourth-order valence-electron chi connectivity index (χ4n) is 2.18. The Kier molecular flexibility index (Phi) is 8.09. The minimum absolute atomic E-state index is 0.231. The third-order valence-corrected chi connectivity index (χ3v) is 3.57. The van der Waals surface area contributed by atoms with E-state index in [1.807, 2.05) is 6.07 Å². The zero-order chi connectivity index (χ0) is 18.8. The van der Waals surface area contributed by atoms with Crippen LogP contribution in [0.25, 0.3) is 0 Å². The van der Waals surface area contributed by atoms with Crippen molar-refractivity contribution in [1.82, 2.24) is 10.2 Å². The number of carbonyl (C=O) groups excluding carboxylic acids is 2. The highest BCUT2D eigenvalue weighted by Crippen LogP contribution is 2.04. The molecule has 0 aliphatic rings. The summed E-state index contributed by atoms with van der Waals surface area (Å²) in [5.74, 6) is -1.73. The number of amides is 2. The van der Waals surface area contributed by atoms with E-state index in [0.29, 0.717) is 36.9 Å². The van der Waals surface area contributed by atoms with Crippen molar-refractivity contribution in [1.29, 1.82) is 5.26 Å². The maximum absolute atomic E-state index is 11.9. The van der Waals surface area contributed by atoms with Crippen molar-refractivity contribution in [3.05, 3.63) is 35.4 Å². The molecule has 0 heterocycles. The lowest BCUT2D eigenvalue weighted by atomic mass is 10.1. The SMILES string of the molecule is CN(CC(=O)O)C(=O)[C@@H](N)CCCCNC(=O)c1ccc(C#N)cc1. The van der Waals surface area contributed by atoms with Crippen LogP contribution in [0.5, 0.6) is 0 Å². The van der Waals surface area contributed by atoms with E-state index in [4.69, 9.17) is 16.1 Å². The summed E-state index contributed by atoms with van der Waals surface area (Å²) in [5, 5.41) is 20.1. The van der Waals surface area contributed by atoms with Crippen molar-refractivity contribution >= 4 is 17.8 Å². The number of hydrogen-bond donors (Lipinski definition) is 3. The molecule has 1 atom stereocenters. The number of carbonyl (C=O) groups is 3. The van der Waals surface area contributed by atoms with Gasteiger partial charge in [0.1, 0.15) is 6.54 Å². The van der Waals surface area contributed by atoms with Crippen molar-refractivity contribution in [2.24, 2.45) is 5.73 Å². The van der Waals surface area contributed by atoms with Crippen LogP contribution in [0, 0.1) is 11.3 Å². The van der Waals surface area contributed by atoms with Gasteiger partial charge in [0, 0.05) is 19.2 Å². The zero-order valence-corrected chi connectivity index (χ0v) is 14.1. The van der Waals surface area contributed by atoms with Gasteiger partial charge in [-0.25, -0.2) is 0 Å². The Morgan fingerprint density at radius 2 is 1.92 bits per heavy atom. The molecule has 0 fully saturated rings. The first-order valence-corrected chi connectivity index (χ1v) is 7.86. The summed E-state index contributed by atoms with van der Waals surface area (Å²) < 4.78 is 0. The quantitative estimate of drug-likeness (QED) is 0.551. The van der Waals surface area contributed by atoms with E-state index in [0.717, 1.165) is 4.90 Å². The van der Waals surface area contributed by atoms with Crippen molar-refractivity contribution in [2.45, 2.75) is 25.3 Å². The third-order valence-electron chi connectivity index (χ3n) is 3.57.